The lowest BCUT2D eigenvalue weighted by Gasteiger charge is -2.42. The van der Waals surface area contributed by atoms with E-state index in [-0.39, 0.29) is 33.2 Å². The van der Waals surface area contributed by atoms with Gasteiger partial charge < -0.3 is 9.47 Å². The Morgan fingerprint density at radius 1 is 1.10 bits per heavy atom. The Kier molecular flexibility index (Phi) is 4.90. The van der Waals surface area contributed by atoms with Gasteiger partial charge in [0.15, 0.2) is 0 Å². The Labute approximate surface area is 183 Å². The van der Waals surface area contributed by atoms with Gasteiger partial charge in [-0.3, -0.25) is 19.3 Å². The van der Waals surface area contributed by atoms with Gasteiger partial charge in [0.1, 0.15) is 15.6 Å². The average Bonchev–Trinajstić information content (AvgIpc) is 3.32. The fourth-order valence-electron chi connectivity index (χ4n) is 4.45. The van der Waals surface area contributed by atoms with E-state index in [0.29, 0.717) is 25.3 Å². The molecule has 0 aromatic carbocycles. The summed E-state index contributed by atoms with van der Waals surface area (Å²) in [6.45, 7) is 1.50. The first-order valence-electron chi connectivity index (χ1n) is 9.93. The molecule has 0 unspecified atom stereocenters. The van der Waals surface area contributed by atoms with Gasteiger partial charge in [0.2, 0.25) is 0 Å². The van der Waals surface area contributed by atoms with E-state index in [2.05, 4.69) is 9.71 Å². The van der Waals surface area contributed by atoms with E-state index in [4.69, 9.17) is 0 Å². The normalized spacial score (nSPS) is 20.2. The van der Waals surface area contributed by atoms with Gasteiger partial charge in [0.05, 0.1) is 0 Å². The number of likely N-dealkylation sites (tertiary alicyclic amines) is 1. The molecular formula is C21H20N4O4S2. The minimum atomic E-state index is -3.79. The molecule has 2 aliphatic heterocycles. The largest absolute Gasteiger partial charge is 0.336 e. The van der Waals surface area contributed by atoms with Crippen molar-refractivity contribution in [1.82, 2.24) is 14.5 Å². The van der Waals surface area contributed by atoms with Gasteiger partial charge in [0.25, 0.3) is 21.5 Å². The molecule has 0 saturated carbocycles. The summed E-state index contributed by atoms with van der Waals surface area (Å²) in [5, 5.41) is 1.67. The predicted molar refractivity (Wildman–Crippen MR) is 117 cm³/mol. The van der Waals surface area contributed by atoms with Crippen molar-refractivity contribution in [3.63, 3.8) is 0 Å². The van der Waals surface area contributed by atoms with Gasteiger partial charge in [-0.05, 0) is 48.1 Å². The van der Waals surface area contributed by atoms with Gasteiger partial charge in [-0.1, -0.05) is 12.1 Å². The molecule has 8 nitrogen and oxygen atoms in total. The average molecular weight is 457 g/mol. The second kappa shape index (κ2) is 7.61. The number of thiophene rings is 1. The van der Waals surface area contributed by atoms with Crippen LogP contribution in [0.5, 0.6) is 0 Å². The lowest BCUT2D eigenvalue weighted by molar-refractivity contribution is 0.0589. The number of pyridine rings is 2. The standard InChI is InChI=1S/C21H20N4O4S2/c26-20(16-4-1-2-8-22-16)24-11-14-10-15(13-24)18-7-6-17(21(27)25(18)12-14)23-31(28,29)19-5-3-9-30-19/h1-9,14-15,23H,10-13H2/t14-,15-/m1/s1. The Hall–Kier alpha value is -2.98. The van der Waals surface area contributed by atoms with Crippen LogP contribution in [0.3, 0.4) is 0 Å². The molecule has 5 rings (SSSR count). The first-order chi connectivity index (χ1) is 14.9. The molecule has 160 valence electrons. The van der Waals surface area contributed by atoms with Gasteiger partial charge in [-0.2, -0.15) is 0 Å². The Balaban J connectivity index is 1.42. The van der Waals surface area contributed by atoms with Crippen LogP contribution >= 0.6 is 11.3 Å². The molecule has 0 aliphatic carbocycles. The summed E-state index contributed by atoms with van der Waals surface area (Å²) in [5.74, 6) is 0.0444. The molecule has 2 aliphatic rings. The zero-order valence-electron chi connectivity index (χ0n) is 16.5. The highest BCUT2D eigenvalue weighted by molar-refractivity contribution is 7.94. The van der Waals surface area contributed by atoms with Gasteiger partial charge in [0, 0.05) is 37.4 Å². The number of amides is 1. The van der Waals surface area contributed by atoms with Crippen molar-refractivity contribution in [2.75, 3.05) is 17.8 Å². The smallest absolute Gasteiger partial charge is 0.275 e. The highest BCUT2D eigenvalue weighted by Crippen LogP contribution is 2.36. The summed E-state index contributed by atoms with van der Waals surface area (Å²) in [4.78, 5) is 31.9. The number of fused-ring (bicyclic) bond motifs is 4. The fourth-order valence-corrected chi connectivity index (χ4v) is 6.50. The summed E-state index contributed by atoms with van der Waals surface area (Å²) in [6.07, 6.45) is 2.50. The maximum atomic E-state index is 13.1. The van der Waals surface area contributed by atoms with E-state index in [9.17, 15) is 18.0 Å². The first kappa shape index (κ1) is 20.0. The molecule has 1 N–H and O–H groups in total. The fraction of sp³-hybridized carbons (Fsp3) is 0.286. The second-order valence-corrected chi connectivity index (χ2v) is 10.7. The first-order valence-corrected chi connectivity index (χ1v) is 12.3. The van der Waals surface area contributed by atoms with E-state index in [1.807, 2.05) is 4.90 Å². The van der Waals surface area contributed by atoms with Crippen LogP contribution in [0.15, 0.2) is 63.0 Å². The molecule has 1 saturated heterocycles. The van der Waals surface area contributed by atoms with Crippen LogP contribution in [0, 0.1) is 5.92 Å². The highest BCUT2D eigenvalue weighted by Gasteiger charge is 2.37. The second-order valence-electron chi connectivity index (χ2n) is 7.85. The van der Waals surface area contributed by atoms with E-state index in [0.717, 1.165) is 23.5 Å². The van der Waals surface area contributed by atoms with Crippen LogP contribution in [0.1, 0.15) is 28.5 Å². The number of hydrogen-bond donors (Lipinski definition) is 1. The molecule has 3 aromatic heterocycles. The Morgan fingerprint density at radius 2 is 1.97 bits per heavy atom. The minimum Gasteiger partial charge on any atom is -0.336 e. The van der Waals surface area contributed by atoms with Gasteiger partial charge in [-0.25, -0.2) is 8.42 Å². The van der Waals surface area contributed by atoms with Crippen LogP contribution in [-0.2, 0) is 16.6 Å². The van der Waals surface area contributed by atoms with Gasteiger partial charge in [-0.15, -0.1) is 11.3 Å². The van der Waals surface area contributed by atoms with Crippen molar-refractivity contribution in [2.24, 2.45) is 5.92 Å². The van der Waals surface area contributed by atoms with Crippen molar-refractivity contribution in [2.45, 2.75) is 23.1 Å². The molecule has 3 aromatic rings. The predicted octanol–water partition coefficient (Wildman–Crippen LogP) is 2.37. The number of anilines is 1. The molecule has 10 heteroatoms. The van der Waals surface area contributed by atoms with Gasteiger partial charge >= 0.3 is 0 Å². The molecule has 1 fully saturated rings. The Morgan fingerprint density at radius 3 is 2.71 bits per heavy atom. The van der Waals surface area contributed by atoms with Crippen LogP contribution in [0.4, 0.5) is 5.69 Å². The Bertz CT molecular complexity index is 1290. The highest BCUT2D eigenvalue weighted by atomic mass is 32.2. The third kappa shape index (κ3) is 3.66. The topological polar surface area (TPSA) is 101 Å². The summed E-state index contributed by atoms with van der Waals surface area (Å²) in [7, 11) is -3.79. The number of carbonyl (C=O) groups is 1. The van der Waals surface area contributed by atoms with Crippen LogP contribution < -0.4 is 10.3 Å². The summed E-state index contributed by atoms with van der Waals surface area (Å²) < 4.78 is 29.3. The molecule has 2 bridgehead atoms. The summed E-state index contributed by atoms with van der Waals surface area (Å²) >= 11 is 1.10. The van der Waals surface area contributed by atoms with Crippen molar-refractivity contribution in [3.8, 4) is 0 Å². The van der Waals surface area contributed by atoms with Crippen LogP contribution in [-0.4, -0.2) is 41.9 Å². The quantitative estimate of drug-likeness (QED) is 0.650. The number of sulfonamides is 1. The minimum absolute atomic E-state index is 0.0239. The number of nitrogens with zero attached hydrogens (tertiary/aromatic N) is 3. The van der Waals surface area contributed by atoms with E-state index >= 15 is 0 Å². The van der Waals surface area contributed by atoms with Crippen molar-refractivity contribution in [3.05, 3.63) is 75.8 Å². The molecule has 5 heterocycles. The van der Waals surface area contributed by atoms with Crippen molar-refractivity contribution in [1.29, 1.82) is 0 Å². The lowest BCUT2D eigenvalue weighted by atomic mass is 9.83. The zero-order valence-corrected chi connectivity index (χ0v) is 18.1. The zero-order chi connectivity index (χ0) is 21.6. The van der Waals surface area contributed by atoms with Crippen molar-refractivity contribution >= 4 is 33.0 Å². The van der Waals surface area contributed by atoms with Crippen LogP contribution in [0.2, 0.25) is 0 Å². The maximum absolute atomic E-state index is 13.1. The number of rotatable bonds is 4. The third-order valence-corrected chi connectivity index (χ3v) is 8.54. The van der Waals surface area contributed by atoms with E-state index in [1.54, 1.807) is 46.5 Å². The number of nitrogens with one attached hydrogen (secondary N) is 1. The maximum Gasteiger partial charge on any atom is 0.275 e. The number of aromatic nitrogens is 2. The molecule has 2 atom stereocenters. The number of hydrogen-bond acceptors (Lipinski definition) is 6. The van der Waals surface area contributed by atoms with Crippen molar-refractivity contribution < 1.29 is 13.2 Å². The summed E-state index contributed by atoms with van der Waals surface area (Å²) in [5.41, 5.74) is 0.937. The number of piperidine rings is 1. The molecule has 0 spiro atoms. The van der Waals surface area contributed by atoms with Crippen LogP contribution in [0.25, 0.3) is 0 Å². The summed E-state index contributed by atoms with van der Waals surface area (Å²) in [6, 6.07) is 11.7. The monoisotopic (exact) mass is 456 g/mol. The lowest BCUT2D eigenvalue weighted by Crippen LogP contribution is -2.49. The molecular weight excluding hydrogens is 436 g/mol. The van der Waals surface area contributed by atoms with E-state index < -0.39 is 10.0 Å². The molecule has 0 radical (unpaired) electrons. The molecule has 31 heavy (non-hydrogen) atoms. The third-order valence-electron chi connectivity index (χ3n) is 5.78. The SMILES string of the molecule is O=C(c1ccccn1)N1C[C@H]2C[C@H](C1)c1ccc(NS(=O)(=O)c3cccs3)c(=O)n1C2. The van der Waals surface area contributed by atoms with E-state index in [1.165, 1.54) is 12.1 Å². The molecule has 1 amide bonds. The number of carbonyl (C=O) groups excluding carboxylic acids is 1.